The fourth-order valence-corrected chi connectivity index (χ4v) is 3.00. The molecule has 0 aromatic heterocycles. The molecule has 1 saturated heterocycles. The van der Waals surface area contributed by atoms with Gasteiger partial charge in [0.05, 0.1) is 10.5 Å². The van der Waals surface area contributed by atoms with Crippen LogP contribution in [-0.2, 0) is 4.79 Å². The molecular formula is C16H20N2O5. The predicted octanol–water partition coefficient (Wildman–Crippen LogP) is 2.58. The fraction of sp³-hybridized carbons (Fsp3) is 0.500. The number of aldehydes is 1. The number of hydrogen-bond donors (Lipinski definition) is 0. The maximum atomic E-state index is 12.4. The van der Waals surface area contributed by atoms with Crippen LogP contribution in [-0.4, -0.2) is 40.7 Å². The summed E-state index contributed by atoms with van der Waals surface area (Å²) in [5, 5.41) is 10.7. The third kappa shape index (κ3) is 3.85. The summed E-state index contributed by atoms with van der Waals surface area (Å²) in [6, 6.07) is 4.06. The van der Waals surface area contributed by atoms with Crippen LogP contribution in [0.15, 0.2) is 18.2 Å². The largest absolute Gasteiger partial charge is 0.483 e. The summed E-state index contributed by atoms with van der Waals surface area (Å²) >= 11 is 0. The van der Waals surface area contributed by atoms with Crippen LogP contribution in [0.4, 0.5) is 5.69 Å². The van der Waals surface area contributed by atoms with Gasteiger partial charge in [-0.2, -0.15) is 0 Å². The number of benzene rings is 1. The van der Waals surface area contributed by atoms with E-state index in [1.165, 1.54) is 12.1 Å². The topological polar surface area (TPSA) is 89.8 Å². The van der Waals surface area contributed by atoms with Crippen LogP contribution in [0, 0.1) is 10.1 Å². The standard InChI is InChI=1S/C16H20N2O5/c1-11-4-3-5-12(2)17(11)16(20)10-23-15-7-6-14(18(21)22)8-13(15)9-19/h6-9,11-12H,3-5,10H2,1-2H3/t11-,12-/m0/s1. The van der Waals surface area contributed by atoms with Gasteiger partial charge in [0.25, 0.3) is 11.6 Å². The number of carbonyl (C=O) groups is 2. The molecule has 1 fully saturated rings. The van der Waals surface area contributed by atoms with Crippen molar-refractivity contribution in [3.63, 3.8) is 0 Å². The van der Waals surface area contributed by atoms with E-state index in [9.17, 15) is 19.7 Å². The van der Waals surface area contributed by atoms with Crippen LogP contribution in [0.2, 0.25) is 0 Å². The zero-order chi connectivity index (χ0) is 17.0. The van der Waals surface area contributed by atoms with Crippen LogP contribution in [0.3, 0.4) is 0 Å². The lowest BCUT2D eigenvalue weighted by atomic mass is 9.97. The fourth-order valence-electron chi connectivity index (χ4n) is 3.00. The molecule has 1 aromatic rings. The van der Waals surface area contributed by atoms with Gasteiger partial charge in [-0.3, -0.25) is 19.7 Å². The highest BCUT2D eigenvalue weighted by Gasteiger charge is 2.29. The molecule has 0 spiro atoms. The van der Waals surface area contributed by atoms with E-state index in [4.69, 9.17) is 4.74 Å². The number of likely N-dealkylation sites (tertiary alicyclic amines) is 1. The van der Waals surface area contributed by atoms with E-state index in [-0.39, 0.29) is 41.6 Å². The first-order chi connectivity index (χ1) is 10.9. The van der Waals surface area contributed by atoms with Crippen molar-refractivity contribution in [1.29, 1.82) is 0 Å². The minimum Gasteiger partial charge on any atom is -0.483 e. The van der Waals surface area contributed by atoms with Crippen LogP contribution < -0.4 is 4.74 Å². The number of amides is 1. The summed E-state index contributed by atoms with van der Waals surface area (Å²) < 4.78 is 5.43. The lowest BCUT2D eigenvalue weighted by Crippen LogP contribution is -2.49. The van der Waals surface area contributed by atoms with Crippen molar-refractivity contribution >= 4 is 17.9 Å². The van der Waals surface area contributed by atoms with E-state index in [1.54, 1.807) is 0 Å². The molecule has 1 amide bonds. The molecule has 124 valence electrons. The third-order valence-electron chi connectivity index (χ3n) is 4.16. The maximum Gasteiger partial charge on any atom is 0.270 e. The van der Waals surface area contributed by atoms with Gasteiger partial charge >= 0.3 is 0 Å². The number of nitrogens with zero attached hydrogens (tertiary/aromatic N) is 2. The molecule has 0 saturated carbocycles. The van der Waals surface area contributed by atoms with E-state index in [1.807, 2.05) is 18.7 Å². The molecule has 2 atom stereocenters. The Hall–Kier alpha value is -2.44. The molecule has 1 aliphatic rings. The summed E-state index contributed by atoms with van der Waals surface area (Å²) in [5.41, 5.74) is -0.129. The molecule has 0 radical (unpaired) electrons. The molecule has 1 aliphatic heterocycles. The average Bonchev–Trinajstić information content (AvgIpc) is 2.52. The molecule has 1 aromatic carbocycles. The number of rotatable bonds is 5. The number of non-ortho nitro benzene ring substituents is 1. The Morgan fingerprint density at radius 1 is 1.39 bits per heavy atom. The minimum absolute atomic E-state index is 0.0618. The average molecular weight is 320 g/mol. The molecule has 0 bridgehead atoms. The Bertz CT molecular complexity index is 606. The van der Waals surface area contributed by atoms with Crippen molar-refractivity contribution in [3.8, 4) is 5.75 Å². The molecule has 0 N–H and O–H groups in total. The Morgan fingerprint density at radius 2 is 2.04 bits per heavy atom. The normalized spacial score (nSPS) is 20.9. The van der Waals surface area contributed by atoms with Crippen molar-refractivity contribution in [1.82, 2.24) is 4.90 Å². The number of piperidine rings is 1. The van der Waals surface area contributed by atoms with E-state index < -0.39 is 4.92 Å². The van der Waals surface area contributed by atoms with Gasteiger partial charge in [0, 0.05) is 24.2 Å². The first-order valence-electron chi connectivity index (χ1n) is 7.61. The van der Waals surface area contributed by atoms with Crippen molar-refractivity contribution in [2.75, 3.05) is 6.61 Å². The molecular weight excluding hydrogens is 300 g/mol. The van der Waals surface area contributed by atoms with Crippen molar-refractivity contribution < 1.29 is 19.2 Å². The van der Waals surface area contributed by atoms with Crippen molar-refractivity contribution in [2.45, 2.75) is 45.2 Å². The molecule has 1 heterocycles. The highest BCUT2D eigenvalue weighted by molar-refractivity contribution is 5.82. The Balaban J connectivity index is 2.06. The monoisotopic (exact) mass is 320 g/mol. The number of hydrogen-bond acceptors (Lipinski definition) is 5. The van der Waals surface area contributed by atoms with Gasteiger partial charge in [0.1, 0.15) is 5.75 Å². The first-order valence-corrected chi connectivity index (χ1v) is 7.61. The van der Waals surface area contributed by atoms with Gasteiger partial charge in [-0.25, -0.2) is 0 Å². The zero-order valence-corrected chi connectivity index (χ0v) is 13.2. The van der Waals surface area contributed by atoms with E-state index in [0.717, 1.165) is 25.3 Å². The molecule has 0 unspecified atom stereocenters. The maximum absolute atomic E-state index is 12.4. The molecule has 7 nitrogen and oxygen atoms in total. The van der Waals surface area contributed by atoms with Gasteiger partial charge < -0.3 is 9.64 Å². The summed E-state index contributed by atoms with van der Waals surface area (Å²) in [6.45, 7) is 3.83. The van der Waals surface area contributed by atoms with Gasteiger partial charge in [-0.1, -0.05) is 0 Å². The SMILES string of the molecule is C[C@H]1CCC[C@H](C)N1C(=O)COc1ccc([N+](=O)[O-])cc1C=O. The van der Waals surface area contributed by atoms with Gasteiger partial charge in [-0.05, 0) is 39.2 Å². The second-order valence-electron chi connectivity index (χ2n) is 5.82. The van der Waals surface area contributed by atoms with Gasteiger partial charge in [-0.15, -0.1) is 0 Å². The van der Waals surface area contributed by atoms with Crippen LogP contribution in [0.5, 0.6) is 5.75 Å². The third-order valence-corrected chi connectivity index (χ3v) is 4.16. The molecule has 0 aliphatic carbocycles. The lowest BCUT2D eigenvalue weighted by molar-refractivity contribution is -0.384. The van der Waals surface area contributed by atoms with Crippen molar-refractivity contribution in [2.24, 2.45) is 0 Å². The van der Waals surface area contributed by atoms with Gasteiger partial charge in [0.2, 0.25) is 0 Å². The lowest BCUT2D eigenvalue weighted by Gasteiger charge is -2.39. The summed E-state index contributed by atoms with van der Waals surface area (Å²) in [4.78, 5) is 35.4. The van der Waals surface area contributed by atoms with Crippen LogP contribution >= 0.6 is 0 Å². The minimum atomic E-state index is -0.584. The number of ether oxygens (including phenoxy) is 1. The van der Waals surface area contributed by atoms with E-state index in [2.05, 4.69) is 0 Å². The van der Waals surface area contributed by atoms with Gasteiger partial charge in [0.15, 0.2) is 12.9 Å². The van der Waals surface area contributed by atoms with E-state index in [0.29, 0.717) is 6.29 Å². The highest BCUT2D eigenvalue weighted by Crippen LogP contribution is 2.25. The molecule has 7 heteroatoms. The van der Waals surface area contributed by atoms with Crippen LogP contribution in [0.1, 0.15) is 43.5 Å². The van der Waals surface area contributed by atoms with E-state index >= 15 is 0 Å². The smallest absolute Gasteiger partial charge is 0.270 e. The quantitative estimate of drug-likeness (QED) is 0.472. The molecule has 23 heavy (non-hydrogen) atoms. The van der Waals surface area contributed by atoms with Crippen LogP contribution in [0.25, 0.3) is 0 Å². The predicted molar refractivity (Wildman–Crippen MR) is 83.6 cm³/mol. The Morgan fingerprint density at radius 3 is 2.61 bits per heavy atom. The molecule has 2 rings (SSSR count). The summed E-state index contributed by atoms with van der Waals surface area (Å²) in [6.07, 6.45) is 3.52. The Labute approximate surface area is 134 Å². The first kappa shape index (κ1) is 16.9. The number of nitro groups is 1. The van der Waals surface area contributed by atoms with Crippen molar-refractivity contribution in [3.05, 3.63) is 33.9 Å². The zero-order valence-electron chi connectivity index (χ0n) is 13.2. The number of carbonyl (C=O) groups excluding carboxylic acids is 2. The summed E-state index contributed by atoms with van der Waals surface area (Å²) in [5.74, 6) is 0.0381. The second kappa shape index (κ2) is 7.21. The number of nitro benzene ring substituents is 1. The Kier molecular flexibility index (Phi) is 5.31. The summed E-state index contributed by atoms with van der Waals surface area (Å²) in [7, 11) is 0. The second-order valence-corrected chi connectivity index (χ2v) is 5.82. The highest BCUT2D eigenvalue weighted by atomic mass is 16.6.